The Bertz CT molecular complexity index is 1710. The molecule has 0 aromatic heterocycles. The molecule has 250 valence electrons. The van der Waals surface area contributed by atoms with E-state index in [0.717, 1.165) is 47.5 Å². The summed E-state index contributed by atoms with van der Waals surface area (Å²) in [6.07, 6.45) is 17.5. The van der Waals surface area contributed by atoms with Crippen molar-refractivity contribution in [1.29, 1.82) is 0 Å². The third-order valence-corrected chi connectivity index (χ3v) is 9.77. The summed E-state index contributed by atoms with van der Waals surface area (Å²) >= 11 is 6.16. The quantitative estimate of drug-likeness (QED) is 0.162. The lowest BCUT2D eigenvalue weighted by atomic mass is 9.84. The summed E-state index contributed by atoms with van der Waals surface area (Å²) in [6, 6.07) is 24.7. The first-order valence-electron chi connectivity index (χ1n) is 16.8. The first-order valence-corrected chi connectivity index (χ1v) is 17.2. The van der Waals surface area contributed by atoms with Crippen molar-refractivity contribution in [2.75, 3.05) is 29.9 Å². The van der Waals surface area contributed by atoms with Crippen molar-refractivity contribution in [3.8, 4) is 29.7 Å². The average molecular weight is 667 g/mol. The zero-order chi connectivity index (χ0) is 34.0. The Morgan fingerprint density at radius 2 is 1.60 bits per heavy atom. The number of nitrogens with zero attached hydrogens (tertiary/aromatic N) is 2. The van der Waals surface area contributed by atoms with Crippen molar-refractivity contribution >= 4 is 28.9 Å². The fourth-order valence-corrected chi connectivity index (χ4v) is 7.08. The number of carbonyl (C=O) groups is 1. The van der Waals surface area contributed by atoms with Gasteiger partial charge in [0.15, 0.2) is 0 Å². The Morgan fingerprint density at radius 1 is 0.896 bits per heavy atom. The number of halogens is 2. The van der Waals surface area contributed by atoms with Gasteiger partial charge in [-0.3, -0.25) is 0 Å². The van der Waals surface area contributed by atoms with E-state index in [1.807, 2.05) is 48.3 Å². The molecule has 1 saturated carbocycles. The van der Waals surface area contributed by atoms with Crippen LogP contribution in [0.4, 0.5) is 15.8 Å². The van der Waals surface area contributed by atoms with E-state index >= 15 is 4.39 Å². The summed E-state index contributed by atoms with van der Waals surface area (Å²) in [5.41, 5.74) is 7.04. The molecule has 2 aliphatic rings. The SMILES string of the molecule is C#C.CN(Cc1ccc(OCc2cc(N3CCCC3)ccc2-c2ccc(Cl)cc2)cc1F)c1cc(C(=O)O)ccc1CC1CCCCC1. The number of aromatic carboxylic acids is 1. The molecule has 6 rings (SSSR count). The summed E-state index contributed by atoms with van der Waals surface area (Å²) in [5.74, 6) is -0.252. The Balaban J connectivity index is 0.00000221. The number of rotatable bonds is 11. The molecule has 0 unspecified atom stereocenters. The van der Waals surface area contributed by atoms with Crippen LogP contribution in [0.1, 0.15) is 72.0 Å². The van der Waals surface area contributed by atoms with Gasteiger partial charge in [0.1, 0.15) is 18.2 Å². The highest BCUT2D eigenvalue weighted by Crippen LogP contribution is 2.34. The molecule has 4 aromatic carbocycles. The van der Waals surface area contributed by atoms with Crippen LogP contribution in [0.5, 0.6) is 5.75 Å². The third kappa shape index (κ3) is 8.70. The van der Waals surface area contributed by atoms with E-state index in [9.17, 15) is 9.90 Å². The molecule has 1 heterocycles. The predicted molar refractivity (Wildman–Crippen MR) is 195 cm³/mol. The molecule has 0 radical (unpaired) electrons. The second-order valence-corrected chi connectivity index (χ2v) is 13.2. The van der Waals surface area contributed by atoms with Crippen molar-refractivity contribution in [2.24, 2.45) is 5.92 Å². The first kappa shape index (κ1) is 34.9. The molecule has 0 amide bonds. The average Bonchev–Trinajstić information content (AvgIpc) is 3.66. The Hall–Kier alpha value is -4.47. The largest absolute Gasteiger partial charge is 0.489 e. The molecule has 1 N–H and O–H groups in total. The van der Waals surface area contributed by atoms with E-state index < -0.39 is 5.97 Å². The molecule has 0 atom stereocenters. The monoisotopic (exact) mass is 666 g/mol. The van der Waals surface area contributed by atoms with Crippen LogP contribution in [-0.2, 0) is 19.6 Å². The van der Waals surface area contributed by atoms with E-state index in [1.165, 1.54) is 56.7 Å². The van der Waals surface area contributed by atoms with E-state index in [1.54, 1.807) is 18.2 Å². The number of hydrogen-bond acceptors (Lipinski definition) is 4. The van der Waals surface area contributed by atoms with Gasteiger partial charge in [0, 0.05) is 54.7 Å². The second kappa shape index (κ2) is 16.6. The Labute approximate surface area is 289 Å². The number of ether oxygens (including phenoxy) is 1. The van der Waals surface area contributed by atoms with Crippen LogP contribution < -0.4 is 14.5 Å². The molecule has 0 spiro atoms. The van der Waals surface area contributed by atoms with Gasteiger partial charge in [-0.1, -0.05) is 74.0 Å². The fraction of sp³-hybridized carbons (Fsp3) is 0.341. The minimum absolute atomic E-state index is 0.241. The fourth-order valence-electron chi connectivity index (χ4n) is 6.96. The van der Waals surface area contributed by atoms with Gasteiger partial charge in [-0.2, -0.15) is 0 Å². The van der Waals surface area contributed by atoms with Crippen LogP contribution in [0.2, 0.25) is 5.02 Å². The van der Waals surface area contributed by atoms with Crippen LogP contribution in [-0.4, -0.2) is 31.2 Å². The summed E-state index contributed by atoms with van der Waals surface area (Å²) in [4.78, 5) is 16.2. The predicted octanol–water partition coefficient (Wildman–Crippen LogP) is 10.0. The normalized spacial score (nSPS) is 14.6. The molecular weight excluding hydrogens is 623 g/mol. The topological polar surface area (TPSA) is 53.0 Å². The molecule has 7 heteroatoms. The summed E-state index contributed by atoms with van der Waals surface area (Å²) in [6.45, 7) is 2.70. The third-order valence-electron chi connectivity index (χ3n) is 9.52. The number of anilines is 2. The van der Waals surface area contributed by atoms with Crippen LogP contribution in [0.3, 0.4) is 0 Å². The molecule has 48 heavy (non-hydrogen) atoms. The van der Waals surface area contributed by atoms with E-state index in [4.69, 9.17) is 16.3 Å². The molecule has 1 aliphatic carbocycles. The lowest BCUT2D eigenvalue weighted by Gasteiger charge is -2.27. The van der Waals surface area contributed by atoms with Crippen LogP contribution in [0.15, 0.2) is 78.9 Å². The lowest BCUT2D eigenvalue weighted by molar-refractivity contribution is 0.0697. The van der Waals surface area contributed by atoms with E-state index in [-0.39, 0.29) is 11.4 Å². The highest BCUT2D eigenvalue weighted by molar-refractivity contribution is 6.30. The van der Waals surface area contributed by atoms with Gasteiger partial charge in [0.25, 0.3) is 0 Å². The van der Waals surface area contributed by atoms with Crippen molar-refractivity contribution in [3.63, 3.8) is 0 Å². The smallest absolute Gasteiger partial charge is 0.335 e. The van der Waals surface area contributed by atoms with Gasteiger partial charge in [0.05, 0.1) is 5.56 Å². The van der Waals surface area contributed by atoms with Crippen molar-refractivity contribution in [1.82, 2.24) is 0 Å². The number of carboxylic acid groups (broad SMARTS) is 1. The summed E-state index contributed by atoms with van der Waals surface area (Å²) in [7, 11) is 1.90. The van der Waals surface area contributed by atoms with Gasteiger partial charge in [0.2, 0.25) is 0 Å². The highest BCUT2D eigenvalue weighted by Gasteiger charge is 2.20. The molecule has 5 nitrogen and oxygen atoms in total. The number of hydrogen-bond donors (Lipinski definition) is 1. The lowest BCUT2D eigenvalue weighted by Crippen LogP contribution is -2.21. The van der Waals surface area contributed by atoms with Crippen molar-refractivity contribution < 1.29 is 19.0 Å². The molecule has 1 saturated heterocycles. The number of terminal acetylenes is 1. The highest BCUT2D eigenvalue weighted by atomic mass is 35.5. The maximum atomic E-state index is 15.6. The zero-order valence-corrected chi connectivity index (χ0v) is 28.4. The number of carboxylic acids is 1. The summed E-state index contributed by atoms with van der Waals surface area (Å²) in [5, 5.41) is 10.4. The Morgan fingerprint density at radius 3 is 2.29 bits per heavy atom. The van der Waals surface area contributed by atoms with Gasteiger partial charge in [-0.05, 0) is 89.9 Å². The van der Waals surface area contributed by atoms with Crippen LogP contribution in [0.25, 0.3) is 11.1 Å². The van der Waals surface area contributed by atoms with Crippen molar-refractivity contribution in [2.45, 2.75) is 64.5 Å². The van der Waals surface area contributed by atoms with Crippen LogP contribution >= 0.6 is 11.6 Å². The zero-order valence-electron chi connectivity index (χ0n) is 27.6. The van der Waals surface area contributed by atoms with Gasteiger partial charge >= 0.3 is 5.97 Å². The molecule has 0 bridgehead atoms. The molecular formula is C41H44ClFN2O3. The van der Waals surface area contributed by atoms with E-state index in [0.29, 0.717) is 35.4 Å². The van der Waals surface area contributed by atoms with Crippen LogP contribution in [0, 0.1) is 24.6 Å². The van der Waals surface area contributed by atoms with Gasteiger partial charge < -0.3 is 19.6 Å². The minimum atomic E-state index is -0.961. The standard InChI is InChI=1S/C39H42ClFN2O3.C2H2/c1-42(38-23-30(39(44)45)10-9-29(38)21-27-7-3-2-4-8-27)25-31-13-17-35(24-37(31)41)46-26-32-22-34(43-19-5-6-20-43)16-18-36(32)28-11-14-33(40)15-12-28;1-2/h9-18,22-24,27H,2-8,19-21,25-26H2,1H3,(H,44,45);1-2H. The maximum Gasteiger partial charge on any atom is 0.335 e. The minimum Gasteiger partial charge on any atom is -0.489 e. The van der Waals surface area contributed by atoms with Gasteiger partial charge in [-0.15, -0.1) is 12.8 Å². The van der Waals surface area contributed by atoms with Crippen molar-refractivity contribution in [3.05, 3.63) is 112 Å². The van der Waals surface area contributed by atoms with E-state index in [2.05, 4.69) is 35.9 Å². The number of benzene rings is 4. The molecule has 1 aliphatic heterocycles. The summed E-state index contributed by atoms with van der Waals surface area (Å²) < 4.78 is 21.8. The maximum absolute atomic E-state index is 15.6. The first-order chi connectivity index (χ1) is 23.3. The Kier molecular flexibility index (Phi) is 12.0. The molecule has 2 fully saturated rings. The second-order valence-electron chi connectivity index (χ2n) is 12.8. The molecule has 4 aromatic rings. The van der Waals surface area contributed by atoms with Gasteiger partial charge in [-0.25, -0.2) is 9.18 Å².